The van der Waals surface area contributed by atoms with E-state index in [-0.39, 0.29) is 5.91 Å². The maximum atomic E-state index is 12.3. The van der Waals surface area contributed by atoms with Crippen molar-refractivity contribution in [3.8, 4) is 11.5 Å². The van der Waals surface area contributed by atoms with Crippen LogP contribution in [0.25, 0.3) is 0 Å². The molecule has 0 bridgehead atoms. The van der Waals surface area contributed by atoms with Crippen LogP contribution in [0.15, 0.2) is 48.5 Å². The number of aliphatic hydroxyl groups excluding tert-OH is 1. The lowest BCUT2D eigenvalue weighted by Gasteiger charge is -2.19. The number of nitrogens with one attached hydrogen (secondary N) is 1. The highest BCUT2D eigenvalue weighted by Crippen LogP contribution is 2.25. The maximum absolute atomic E-state index is 12.3. The van der Waals surface area contributed by atoms with Crippen LogP contribution >= 0.6 is 0 Å². The topological polar surface area (TPSA) is 67.8 Å². The Hall–Kier alpha value is -2.53. The van der Waals surface area contributed by atoms with E-state index in [1.165, 1.54) is 0 Å². The summed E-state index contributed by atoms with van der Waals surface area (Å²) in [7, 11) is 3.16. The fourth-order valence-electron chi connectivity index (χ4n) is 2.16. The predicted molar refractivity (Wildman–Crippen MR) is 88.7 cm³/mol. The van der Waals surface area contributed by atoms with Crippen molar-refractivity contribution < 1.29 is 19.4 Å². The minimum Gasteiger partial charge on any atom is -0.497 e. The van der Waals surface area contributed by atoms with Gasteiger partial charge in [0.1, 0.15) is 11.5 Å². The molecule has 5 heteroatoms. The average Bonchev–Trinajstić information content (AvgIpc) is 2.61. The van der Waals surface area contributed by atoms with Gasteiger partial charge in [-0.15, -0.1) is 0 Å². The van der Waals surface area contributed by atoms with Crippen molar-refractivity contribution in [1.82, 2.24) is 0 Å². The Morgan fingerprint density at radius 3 is 1.91 bits per heavy atom. The summed E-state index contributed by atoms with van der Waals surface area (Å²) in [6.45, 7) is 1.69. The van der Waals surface area contributed by atoms with E-state index in [0.717, 1.165) is 0 Å². The second-order valence-corrected chi connectivity index (χ2v) is 5.22. The third-order valence-electron chi connectivity index (χ3n) is 3.70. The Morgan fingerprint density at radius 2 is 1.43 bits per heavy atom. The number of carbonyl (C=O) groups excluding carboxylic acids is 1. The van der Waals surface area contributed by atoms with Gasteiger partial charge >= 0.3 is 0 Å². The summed E-state index contributed by atoms with van der Waals surface area (Å²) in [4.78, 5) is 12.3. The van der Waals surface area contributed by atoms with Crippen LogP contribution in [0, 0.1) is 5.92 Å². The lowest BCUT2D eigenvalue weighted by atomic mass is 9.96. The minimum atomic E-state index is -0.890. The number of methoxy groups -OCH3 is 2. The first-order valence-corrected chi connectivity index (χ1v) is 7.32. The molecule has 0 fully saturated rings. The van der Waals surface area contributed by atoms with E-state index < -0.39 is 12.0 Å². The zero-order valence-corrected chi connectivity index (χ0v) is 13.4. The van der Waals surface area contributed by atoms with Gasteiger partial charge in [0, 0.05) is 5.69 Å². The molecule has 23 heavy (non-hydrogen) atoms. The average molecular weight is 315 g/mol. The van der Waals surface area contributed by atoms with Crippen molar-refractivity contribution in [3.05, 3.63) is 54.1 Å². The molecule has 2 N–H and O–H groups in total. The molecule has 0 aliphatic heterocycles. The van der Waals surface area contributed by atoms with Crippen molar-refractivity contribution in [1.29, 1.82) is 0 Å². The van der Waals surface area contributed by atoms with Crippen molar-refractivity contribution in [2.24, 2.45) is 5.92 Å². The fourth-order valence-corrected chi connectivity index (χ4v) is 2.16. The number of aliphatic hydroxyl groups is 1. The van der Waals surface area contributed by atoms with Gasteiger partial charge in [-0.3, -0.25) is 4.79 Å². The summed E-state index contributed by atoms with van der Waals surface area (Å²) >= 11 is 0. The fraction of sp³-hybridized carbons (Fsp3) is 0.278. The molecule has 0 aliphatic carbocycles. The quantitative estimate of drug-likeness (QED) is 0.860. The normalized spacial score (nSPS) is 13.0. The van der Waals surface area contributed by atoms with E-state index in [1.807, 2.05) is 0 Å². The summed E-state index contributed by atoms with van der Waals surface area (Å²) < 4.78 is 10.2. The Morgan fingerprint density at radius 1 is 0.957 bits per heavy atom. The van der Waals surface area contributed by atoms with Crippen LogP contribution in [0.2, 0.25) is 0 Å². The molecule has 0 aliphatic rings. The van der Waals surface area contributed by atoms with E-state index in [9.17, 15) is 9.90 Å². The molecule has 0 heterocycles. The third-order valence-corrected chi connectivity index (χ3v) is 3.70. The van der Waals surface area contributed by atoms with Crippen LogP contribution in [0.4, 0.5) is 5.69 Å². The van der Waals surface area contributed by atoms with Crippen molar-refractivity contribution in [2.45, 2.75) is 13.0 Å². The molecule has 0 spiro atoms. The van der Waals surface area contributed by atoms with Gasteiger partial charge in [0.2, 0.25) is 5.91 Å². The molecule has 1 amide bonds. The molecule has 2 rings (SSSR count). The van der Waals surface area contributed by atoms with Gasteiger partial charge in [-0.1, -0.05) is 19.1 Å². The first-order valence-electron chi connectivity index (χ1n) is 7.32. The second-order valence-electron chi connectivity index (χ2n) is 5.22. The molecule has 2 aromatic carbocycles. The van der Waals surface area contributed by atoms with Gasteiger partial charge in [-0.2, -0.15) is 0 Å². The molecule has 122 valence electrons. The molecule has 2 atom stereocenters. The molecular weight excluding hydrogens is 294 g/mol. The highest BCUT2D eigenvalue weighted by atomic mass is 16.5. The number of hydrogen-bond donors (Lipinski definition) is 2. The van der Waals surface area contributed by atoms with E-state index in [1.54, 1.807) is 69.7 Å². The number of hydrogen-bond acceptors (Lipinski definition) is 4. The van der Waals surface area contributed by atoms with Gasteiger partial charge in [-0.05, 0) is 42.0 Å². The Balaban J connectivity index is 2.02. The number of ether oxygens (including phenoxy) is 2. The molecule has 0 unspecified atom stereocenters. The lowest BCUT2D eigenvalue weighted by Crippen LogP contribution is -2.25. The molecule has 2 aromatic rings. The van der Waals surface area contributed by atoms with E-state index >= 15 is 0 Å². The van der Waals surface area contributed by atoms with Crippen LogP contribution < -0.4 is 14.8 Å². The van der Waals surface area contributed by atoms with Crippen molar-refractivity contribution in [2.75, 3.05) is 19.5 Å². The maximum Gasteiger partial charge on any atom is 0.230 e. The first kappa shape index (κ1) is 16.8. The van der Waals surface area contributed by atoms with Crippen molar-refractivity contribution in [3.63, 3.8) is 0 Å². The van der Waals surface area contributed by atoms with Gasteiger partial charge in [0.05, 0.1) is 26.2 Å². The van der Waals surface area contributed by atoms with Crippen LogP contribution in [-0.4, -0.2) is 25.2 Å². The molecule has 0 radical (unpaired) electrons. The number of carbonyl (C=O) groups is 1. The Bertz CT molecular complexity index is 637. The van der Waals surface area contributed by atoms with Crippen LogP contribution in [0.1, 0.15) is 18.6 Å². The van der Waals surface area contributed by atoms with Crippen LogP contribution in [0.5, 0.6) is 11.5 Å². The number of anilines is 1. The highest BCUT2D eigenvalue weighted by molar-refractivity contribution is 5.92. The predicted octanol–water partition coefficient (Wildman–Crippen LogP) is 3.01. The highest BCUT2D eigenvalue weighted by Gasteiger charge is 2.23. The van der Waals surface area contributed by atoms with Crippen molar-refractivity contribution >= 4 is 11.6 Å². The number of rotatable bonds is 6. The number of amides is 1. The van der Waals surface area contributed by atoms with E-state index in [0.29, 0.717) is 22.7 Å². The van der Waals surface area contributed by atoms with Gasteiger partial charge in [0.15, 0.2) is 0 Å². The lowest BCUT2D eigenvalue weighted by molar-refractivity contribution is -0.122. The monoisotopic (exact) mass is 315 g/mol. The zero-order chi connectivity index (χ0) is 16.8. The SMILES string of the molecule is COc1ccc(NC(=O)[C@H](C)[C@@H](O)c2ccc(OC)cc2)cc1. The van der Waals surface area contributed by atoms with Gasteiger partial charge in [0.25, 0.3) is 0 Å². The smallest absolute Gasteiger partial charge is 0.230 e. The van der Waals surface area contributed by atoms with E-state index in [2.05, 4.69) is 5.32 Å². The summed E-state index contributed by atoms with van der Waals surface area (Å²) in [6.07, 6.45) is -0.890. The first-order chi connectivity index (χ1) is 11.0. The third kappa shape index (κ3) is 4.23. The molecule has 0 aromatic heterocycles. The zero-order valence-electron chi connectivity index (χ0n) is 13.4. The summed E-state index contributed by atoms with van der Waals surface area (Å²) in [5.41, 5.74) is 1.33. The minimum absolute atomic E-state index is 0.251. The molecule has 5 nitrogen and oxygen atoms in total. The van der Waals surface area contributed by atoms with Gasteiger partial charge in [-0.25, -0.2) is 0 Å². The Kier molecular flexibility index (Phi) is 5.60. The van der Waals surface area contributed by atoms with E-state index in [4.69, 9.17) is 9.47 Å². The van der Waals surface area contributed by atoms with Gasteiger partial charge < -0.3 is 19.9 Å². The van der Waals surface area contributed by atoms with Crippen LogP contribution in [-0.2, 0) is 4.79 Å². The summed E-state index contributed by atoms with van der Waals surface area (Å²) in [5.74, 6) is 0.578. The van der Waals surface area contributed by atoms with Crippen LogP contribution in [0.3, 0.4) is 0 Å². The molecule has 0 saturated heterocycles. The largest absolute Gasteiger partial charge is 0.497 e. The number of benzene rings is 2. The molecular formula is C18H21NO4. The standard InChI is InChI=1S/C18H21NO4/c1-12(17(20)13-4-8-15(22-2)9-5-13)18(21)19-14-6-10-16(23-3)11-7-14/h4-12,17,20H,1-3H3,(H,19,21)/t12-,17-/m1/s1. The Labute approximate surface area is 135 Å². The summed E-state index contributed by atoms with van der Waals surface area (Å²) in [6, 6.07) is 14.0. The summed E-state index contributed by atoms with van der Waals surface area (Å²) in [5, 5.41) is 13.1. The molecule has 0 saturated carbocycles. The second kappa shape index (κ2) is 7.65.